The quantitative estimate of drug-likeness (QED) is 0.758. The first-order valence-corrected chi connectivity index (χ1v) is 9.41. The number of phenols is 1. The number of rotatable bonds is 7. The Morgan fingerprint density at radius 1 is 1.23 bits per heavy atom. The van der Waals surface area contributed by atoms with E-state index in [9.17, 15) is 9.90 Å². The third kappa shape index (κ3) is 5.77. The summed E-state index contributed by atoms with van der Waals surface area (Å²) in [6.45, 7) is 3.90. The molecule has 1 amide bonds. The van der Waals surface area contributed by atoms with E-state index in [2.05, 4.69) is 11.8 Å². The second-order valence-electron chi connectivity index (χ2n) is 7.51. The molecule has 5 heteroatoms. The van der Waals surface area contributed by atoms with Crippen LogP contribution in [0.4, 0.5) is 0 Å². The van der Waals surface area contributed by atoms with Crippen LogP contribution in [0.2, 0.25) is 0 Å². The molecule has 0 atom stereocenters. The summed E-state index contributed by atoms with van der Waals surface area (Å²) in [6.07, 6.45) is 7.98. The minimum atomic E-state index is 0.0541. The van der Waals surface area contributed by atoms with Crippen LogP contribution >= 0.6 is 0 Å². The lowest BCUT2D eigenvalue weighted by atomic mass is 9.86. The zero-order valence-corrected chi connectivity index (χ0v) is 16.4. The van der Waals surface area contributed by atoms with Crippen molar-refractivity contribution in [3.63, 3.8) is 0 Å². The molecule has 0 aromatic heterocycles. The maximum atomic E-state index is 12.9. The van der Waals surface area contributed by atoms with Crippen molar-refractivity contribution in [3.8, 4) is 11.5 Å². The average molecular weight is 360 g/mol. The maximum Gasteiger partial charge on any atom is 0.246 e. The Balaban J connectivity index is 2.09. The smallest absolute Gasteiger partial charge is 0.246 e. The molecule has 0 aliphatic heterocycles. The average Bonchev–Trinajstić information content (AvgIpc) is 2.62. The van der Waals surface area contributed by atoms with E-state index >= 15 is 0 Å². The number of nitrogens with zero attached hydrogens (tertiary/aromatic N) is 2. The third-order valence-electron chi connectivity index (χ3n) is 5.12. The monoisotopic (exact) mass is 360 g/mol. The highest BCUT2D eigenvalue weighted by atomic mass is 16.5. The summed E-state index contributed by atoms with van der Waals surface area (Å²) in [5.74, 6) is 1.32. The number of hydrogen-bond acceptors (Lipinski definition) is 4. The molecule has 0 saturated heterocycles. The van der Waals surface area contributed by atoms with Gasteiger partial charge in [-0.15, -0.1) is 0 Å². The number of methoxy groups -OCH3 is 1. The molecule has 0 radical (unpaired) electrons. The molecular formula is C21H32N2O3. The Kier molecular flexibility index (Phi) is 7.51. The van der Waals surface area contributed by atoms with Crippen LogP contribution in [-0.4, -0.2) is 61.2 Å². The van der Waals surface area contributed by atoms with Gasteiger partial charge in [0.05, 0.1) is 7.11 Å². The highest BCUT2D eigenvalue weighted by Gasteiger charge is 2.26. The molecule has 1 aliphatic carbocycles. The summed E-state index contributed by atoms with van der Waals surface area (Å²) in [4.78, 5) is 17.0. The summed E-state index contributed by atoms with van der Waals surface area (Å²) >= 11 is 0. The molecule has 5 nitrogen and oxygen atoms in total. The van der Waals surface area contributed by atoms with E-state index in [0.29, 0.717) is 11.8 Å². The number of carbonyl (C=O) groups is 1. The van der Waals surface area contributed by atoms with E-state index in [4.69, 9.17) is 4.74 Å². The first kappa shape index (κ1) is 20.3. The number of aromatic hydroxyl groups is 1. The summed E-state index contributed by atoms with van der Waals surface area (Å²) in [5.41, 5.74) is 0.831. The summed E-state index contributed by atoms with van der Waals surface area (Å²) in [5, 5.41) is 9.69. The molecule has 0 heterocycles. The van der Waals surface area contributed by atoms with E-state index in [1.165, 1.54) is 20.0 Å². The number of benzene rings is 1. The van der Waals surface area contributed by atoms with Gasteiger partial charge in [0.15, 0.2) is 11.5 Å². The SMILES string of the molecule is COc1cc(C=CC(=O)N(CCN(C)C)[C@H]2CC[C@H](C)CC2)ccc1O. The van der Waals surface area contributed by atoms with Gasteiger partial charge in [0, 0.05) is 25.2 Å². The van der Waals surface area contributed by atoms with Crippen LogP contribution in [0.5, 0.6) is 11.5 Å². The highest BCUT2D eigenvalue weighted by Crippen LogP contribution is 2.28. The van der Waals surface area contributed by atoms with Crippen LogP contribution in [-0.2, 0) is 4.79 Å². The van der Waals surface area contributed by atoms with Crippen LogP contribution < -0.4 is 4.74 Å². The molecule has 0 spiro atoms. The molecule has 1 N–H and O–H groups in total. The molecule has 0 unspecified atom stereocenters. The van der Waals surface area contributed by atoms with Gasteiger partial charge in [0.2, 0.25) is 5.91 Å². The Bertz CT molecular complexity index is 620. The van der Waals surface area contributed by atoms with Gasteiger partial charge in [-0.05, 0) is 69.5 Å². The molecule has 0 bridgehead atoms. The number of ether oxygens (including phenoxy) is 1. The van der Waals surface area contributed by atoms with Crippen LogP contribution in [0.1, 0.15) is 38.2 Å². The second-order valence-corrected chi connectivity index (χ2v) is 7.51. The Morgan fingerprint density at radius 2 is 1.92 bits per heavy atom. The standard InChI is InChI=1S/C21H32N2O3/c1-16-5-9-18(10-6-16)23(14-13-22(2)3)21(25)12-8-17-7-11-19(24)20(15-17)26-4/h7-8,11-12,15-16,18,24H,5-6,9-10,13-14H2,1-4H3/t16-,18-. The molecule has 1 fully saturated rings. The van der Waals surface area contributed by atoms with E-state index in [1.54, 1.807) is 30.4 Å². The van der Waals surface area contributed by atoms with E-state index in [-0.39, 0.29) is 11.7 Å². The lowest BCUT2D eigenvalue weighted by molar-refractivity contribution is -0.129. The van der Waals surface area contributed by atoms with Crippen LogP contribution in [0.25, 0.3) is 6.08 Å². The lowest BCUT2D eigenvalue weighted by Crippen LogP contribution is -2.44. The molecule has 26 heavy (non-hydrogen) atoms. The summed E-state index contributed by atoms with van der Waals surface area (Å²) < 4.78 is 5.13. The van der Waals surface area contributed by atoms with Crippen LogP contribution in [0, 0.1) is 5.92 Å². The lowest BCUT2D eigenvalue weighted by Gasteiger charge is -2.36. The van der Waals surface area contributed by atoms with Crippen molar-refractivity contribution >= 4 is 12.0 Å². The van der Waals surface area contributed by atoms with Gasteiger partial charge in [0.25, 0.3) is 0 Å². The fraction of sp³-hybridized carbons (Fsp3) is 0.571. The Labute approximate surface area is 157 Å². The van der Waals surface area contributed by atoms with Gasteiger partial charge in [-0.1, -0.05) is 13.0 Å². The molecule has 1 aromatic carbocycles. The zero-order valence-electron chi connectivity index (χ0n) is 16.4. The van der Waals surface area contributed by atoms with Crippen molar-refractivity contribution < 1.29 is 14.6 Å². The number of likely N-dealkylation sites (N-methyl/N-ethyl adjacent to an activating group) is 1. The molecule has 1 aromatic rings. The first-order chi connectivity index (χ1) is 12.4. The predicted octanol–water partition coefficient (Wildman–Crippen LogP) is 3.38. The second kappa shape index (κ2) is 9.62. The van der Waals surface area contributed by atoms with Crippen molar-refractivity contribution in [3.05, 3.63) is 29.8 Å². The highest BCUT2D eigenvalue weighted by molar-refractivity contribution is 5.92. The number of phenolic OH excluding ortho intramolecular Hbond substituents is 1. The van der Waals surface area contributed by atoms with E-state index in [1.807, 2.05) is 19.0 Å². The van der Waals surface area contributed by atoms with Crippen molar-refractivity contribution in [2.45, 2.75) is 38.6 Å². The maximum absolute atomic E-state index is 12.9. The largest absolute Gasteiger partial charge is 0.504 e. The first-order valence-electron chi connectivity index (χ1n) is 9.41. The fourth-order valence-electron chi connectivity index (χ4n) is 3.40. The van der Waals surface area contributed by atoms with Crippen LogP contribution in [0.3, 0.4) is 0 Å². The summed E-state index contributed by atoms with van der Waals surface area (Å²) in [6, 6.07) is 5.41. The Morgan fingerprint density at radius 3 is 2.54 bits per heavy atom. The minimum absolute atomic E-state index is 0.0541. The number of hydrogen-bond donors (Lipinski definition) is 1. The van der Waals surface area contributed by atoms with Crippen molar-refractivity contribution in [2.75, 3.05) is 34.3 Å². The number of carbonyl (C=O) groups excluding carboxylic acids is 1. The van der Waals surface area contributed by atoms with Gasteiger partial charge in [-0.25, -0.2) is 0 Å². The topological polar surface area (TPSA) is 53.0 Å². The van der Waals surface area contributed by atoms with Gasteiger partial charge in [0.1, 0.15) is 0 Å². The van der Waals surface area contributed by atoms with Gasteiger partial charge in [-0.3, -0.25) is 4.79 Å². The minimum Gasteiger partial charge on any atom is -0.504 e. The molecular weight excluding hydrogens is 328 g/mol. The molecule has 1 saturated carbocycles. The van der Waals surface area contributed by atoms with Crippen molar-refractivity contribution in [2.24, 2.45) is 5.92 Å². The van der Waals surface area contributed by atoms with Crippen molar-refractivity contribution in [1.29, 1.82) is 0 Å². The Hall–Kier alpha value is -2.01. The van der Waals surface area contributed by atoms with Gasteiger partial charge >= 0.3 is 0 Å². The fourth-order valence-corrected chi connectivity index (χ4v) is 3.40. The van der Waals surface area contributed by atoms with E-state index in [0.717, 1.165) is 37.4 Å². The van der Waals surface area contributed by atoms with Gasteiger partial charge in [-0.2, -0.15) is 0 Å². The van der Waals surface area contributed by atoms with Crippen LogP contribution in [0.15, 0.2) is 24.3 Å². The van der Waals surface area contributed by atoms with E-state index < -0.39 is 0 Å². The third-order valence-corrected chi connectivity index (χ3v) is 5.12. The summed E-state index contributed by atoms with van der Waals surface area (Å²) in [7, 11) is 5.58. The molecule has 144 valence electrons. The predicted molar refractivity (Wildman–Crippen MR) is 105 cm³/mol. The molecule has 1 aliphatic rings. The van der Waals surface area contributed by atoms with Crippen molar-refractivity contribution in [1.82, 2.24) is 9.80 Å². The molecule has 2 rings (SSSR count). The van der Waals surface area contributed by atoms with Gasteiger partial charge < -0.3 is 19.6 Å². The zero-order chi connectivity index (χ0) is 19.1. The number of amides is 1. The normalized spacial score (nSPS) is 20.5.